The van der Waals surface area contributed by atoms with Gasteiger partial charge in [-0.25, -0.2) is 4.79 Å². The van der Waals surface area contributed by atoms with Gasteiger partial charge in [0.15, 0.2) is 0 Å². The molecule has 2 amide bonds. The number of morpholine rings is 2. The summed E-state index contributed by atoms with van der Waals surface area (Å²) in [7, 11) is 0. The monoisotopic (exact) mass is 681 g/mol. The van der Waals surface area contributed by atoms with Gasteiger partial charge in [-0.2, -0.15) is 0 Å². The van der Waals surface area contributed by atoms with Crippen LogP contribution in [0.5, 0.6) is 11.5 Å². The first-order chi connectivity index (χ1) is 22.6. The van der Waals surface area contributed by atoms with Crippen LogP contribution in [-0.4, -0.2) is 106 Å². The summed E-state index contributed by atoms with van der Waals surface area (Å²) in [4.78, 5) is 16.9. The lowest BCUT2D eigenvalue weighted by Gasteiger charge is -2.26. The van der Waals surface area contributed by atoms with Gasteiger partial charge in [0.05, 0.1) is 45.0 Å². The summed E-state index contributed by atoms with van der Waals surface area (Å²) in [6.45, 7) is 11.1. The summed E-state index contributed by atoms with van der Waals surface area (Å²) in [5.41, 5.74) is 7.16. The van der Waals surface area contributed by atoms with Crippen LogP contribution in [-0.2, 0) is 9.47 Å². The van der Waals surface area contributed by atoms with Gasteiger partial charge in [-0.3, -0.25) is 9.80 Å². The molecule has 2 aliphatic heterocycles. The molecule has 258 valence electrons. The summed E-state index contributed by atoms with van der Waals surface area (Å²) in [5, 5.41) is 6.16. The van der Waals surface area contributed by atoms with E-state index in [1.54, 1.807) is 0 Å². The number of benzene rings is 2. The molecule has 0 atom stereocenters. The van der Waals surface area contributed by atoms with Crippen LogP contribution in [0.25, 0.3) is 0 Å². The Labute approximate surface area is 285 Å². The molecule has 1 saturated carbocycles. The van der Waals surface area contributed by atoms with Crippen molar-refractivity contribution < 1.29 is 23.7 Å². The van der Waals surface area contributed by atoms with E-state index >= 15 is 0 Å². The van der Waals surface area contributed by atoms with Crippen molar-refractivity contribution in [1.82, 2.24) is 15.1 Å². The van der Waals surface area contributed by atoms with E-state index < -0.39 is 0 Å². The third-order valence-electron chi connectivity index (χ3n) is 7.91. The number of hydrogen-bond donors (Lipinski definition) is 3. The molecule has 2 saturated heterocycles. The molecule has 0 spiro atoms. The van der Waals surface area contributed by atoms with Crippen LogP contribution in [0.3, 0.4) is 0 Å². The number of carbonyl (C=O) groups excluding carboxylic acids is 1. The number of nitrogens with one attached hydrogen (secondary N) is 2. The minimum absolute atomic E-state index is 0.115. The molecule has 46 heavy (non-hydrogen) atoms. The van der Waals surface area contributed by atoms with Gasteiger partial charge in [-0.1, -0.05) is 19.3 Å². The Kier molecular flexibility index (Phi) is 19.6. The van der Waals surface area contributed by atoms with E-state index in [0.717, 1.165) is 121 Å². The number of hydrogen-bond acceptors (Lipinski definition) is 8. The highest BCUT2D eigenvalue weighted by Crippen LogP contribution is 2.19. The number of anilines is 2. The SMILES string of the molecule is ClCCl.Nc1ccc(OCCCN2CCOCC2)cc1.O=C(Nc1ccc(OCCCN2CCOCC2)cc1)NC1CCCCC1. The number of amides is 2. The van der Waals surface area contributed by atoms with Crippen molar-refractivity contribution >= 4 is 40.6 Å². The zero-order valence-corrected chi connectivity index (χ0v) is 28.6. The lowest BCUT2D eigenvalue weighted by Crippen LogP contribution is -2.38. The van der Waals surface area contributed by atoms with E-state index in [0.29, 0.717) is 12.6 Å². The number of alkyl halides is 2. The van der Waals surface area contributed by atoms with Crippen LogP contribution in [0.1, 0.15) is 44.9 Å². The topological polar surface area (TPSA) is 111 Å². The summed E-state index contributed by atoms with van der Waals surface area (Å²) in [6.07, 6.45) is 7.93. The average Bonchev–Trinajstić information content (AvgIpc) is 3.09. The molecule has 0 radical (unpaired) electrons. The first-order valence-corrected chi connectivity index (χ1v) is 17.6. The van der Waals surface area contributed by atoms with Gasteiger partial charge in [0.2, 0.25) is 0 Å². The predicted octanol–water partition coefficient (Wildman–Crippen LogP) is 6.03. The van der Waals surface area contributed by atoms with Crippen molar-refractivity contribution in [1.29, 1.82) is 0 Å². The van der Waals surface area contributed by atoms with Crippen molar-refractivity contribution in [2.75, 3.05) is 95.3 Å². The van der Waals surface area contributed by atoms with E-state index in [2.05, 4.69) is 20.4 Å². The molecule has 0 aromatic heterocycles. The third-order valence-corrected chi connectivity index (χ3v) is 7.91. The van der Waals surface area contributed by atoms with Gasteiger partial charge in [0.25, 0.3) is 0 Å². The molecule has 10 nitrogen and oxygen atoms in total. The Bertz CT molecular complexity index is 1050. The van der Waals surface area contributed by atoms with Crippen molar-refractivity contribution in [3.8, 4) is 11.5 Å². The van der Waals surface area contributed by atoms with Gasteiger partial charge >= 0.3 is 6.03 Å². The standard InChI is InChI=1S/C20H31N3O3.C13H20N2O2.CH2Cl2/c24-20(21-17-5-2-1-3-6-17)22-18-7-9-19(10-8-18)26-14-4-11-23-12-15-25-16-13-23;14-12-2-4-13(5-3-12)17-9-1-6-15-7-10-16-11-8-15;2-1-3/h7-10,17H,1-6,11-16H2,(H2,21,22,24);2-5H,1,6-11,14H2;1H2. The molecule has 3 fully saturated rings. The summed E-state index contributed by atoms with van der Waals surface area (Å²) in [5.74, 6) is 1.73. The number of rotatable bonds is 12. The molecule has 5 rings (SSSR count). The highest BCUT2D eigenvalue weighted by atomic mass is 35.5. The molecule has 2 aromatic carbocycles. The third kappa shape index (κ3) is 16.9. The fourth-order valence-corrected chi connectivity index (χ4v) is 5.40. The number of nitrogens with zero attached hydrogens (tertiary/aromatic N) is 2. The van der Waals surface area contributed by atoms with Crippen molar-refractivity contribution in [3.05, 3.63) is 48.5 Å². The van der Waals surface area contributed by atoms with Gasteiger partial charge < -0.3 is 35.3 Å². The van der Waals surface area contributed by atoms with Gasteiger partial charge in [-0.05, 0) is 74.2 Å². The quantitative estimate of drug-likeness (QED) is 0.141. The van der Waals surface area contributed by atoms with E-state index in [-0.39, 0.29) is 11.4 Å². The van der Waals surface area contributed by atoms with Crippen molar-refractivity contribution in [2.45, 2.75) is 51.0 Å². The average molecular weight is 683 g/mol. The lowest BCUT2D eigenvalue weighted by molar-refractivity contribution is 0.0357. The predicted molar refractivity (Wildman–Crippen MR) is 188 cm³/mol. The van der Waals surface area contributed by atoms with Crippen LogP contribution in [0.4, 0.5) is 16.2 Å². The summed E-state index contributed by atoms with van der Waals surface area (Å²) < 4.78 is 22.1. The Morgan fingerprint density at radius 2 is 1.22 bits per heavy atom. The second-order valence-corrected chi connectivity index (χ2v) is 12.2. The molecule has 3 aliphatic rings. The molecule has 2 heterocycles. The number of nitrogen functional groups attached to an aromatic ring is 1. The maximum absolute atomic E-state index is 12.1. The van der Waals surface area contributed by atoms with Gasteiger partial charge in [-0.15, -0.1) is 23.2 Å². The molecule has 4 N–H and O–H groups in total. The Hall–Kier alpha value is -2.47. The molecular weight excluding hydrogens is 629 g/mol. The number of nitrogens with two attached hydrogens (primary N) is 1. The normalized spacial score (nSPS) is 17.4. The largest absolute Gasteiger partial charge is 0.494 e. The van der Waals surface area contributed by atoms with Gasteiger partial charge in [0, 0.05) is 56.7 Å². The first-order valence-electron chi connectivity index (χ1n) is 16.6. The Morgan fingerprint density at radius 1 is 0.761 bits per heavy atom. The zero-order chi connectivity index (χ0) is 32.7. The van der Waals surface area contributed by atoms with E-state index in [9.17, 15) is 4.79 Å². The zero-order valence-electron chi connectivity index (χ0n) is 27.1. The molecule has 12 heteroatoms. The van der Waals surface area contributed by atoms with Crippen LogP contribution in [0.2, 0.25) is 0 Å². The molecule has 1 aliphatic carbocycles. The smallest absolute Gasteiger partial charge is 0.319 e. The molecule has 0 bridgehead atoms. The van der Waals surface area contributed by atoms with E-state index in [4.69, 9.17) is 47.9 Å². The Balaban J connectivity index is 0.000000248. The number of halogens is 2. The molecule has 2 aromatic rings. The maximum Gasteiger partial charge on any atom is 0.319 e. The van der Waals surface area contributed by atoms with Gasteiger partial charge in [0.1, 0.15) is 11.5 Å². The summed E-state index contributed by atoms with van der Waals surface area (Å²) in [6, 6.07) is 15.3. The maximum atomic E-state index is 12.1. The van der Waals surface area contributed by atoms with Crippen LogP contribution in [0.15, 0.2) is 48.5 Å². The second kappa shape index (κ2) is 23.8. The number of urea groups is 1. The lowest BCUT2D eigenvalue weighted by atomic mass is 9.96. The second-order valence-electron chi connectivity index (χ2n) is 11.4. The Morgan fingerprint density at radius 3 is 1.70 bits per heavy atom. The fraction of sp³-hybridized carbons (Fsp3) is 0.618. The number of carbonyl (C=O) groups is 1. The summed E-state index contributed by atoms with van der Waals surface area (Å²) >= 11 is 9.53. The first kappa shape index (κ1) is 38.0. The highest BCUT2D eigenvalue weighted by Gasteiger charge is 2.15. The number of ether oxygens (including phenoxy) is 4. The van der Waals surface area contributed by atoms with Crippen LogP contribution >= 0.6 is 23.2 Å². The minimum atomic E-state index is -0.115. The fourth-order valence-electron chi connectivity index (χ4n) is 5.40. The highest BCUT2D eigenvalue weighted by molar-refractivity contribution is 6.40. The van der Waals surface area contributed by atoms with Crippen molar-refractivity contribution in [2.24, 2.45) is 0 Å². The van der Waals surface area contributed by atoms with Crippen molar-refractivity contribution in [3.63, 3.8) is 0 Å². The van der Waals surface area contributed by atoms with E-state index in [1.807, 2.05) is 48.5 Å². The molecular formula is C34H53Cl2N5O5. The van der Waals surface area contributed by atoms with Crippen LogP contribution < -0.4 is 25.8 Å². The molecule has 0 unspecified atom stereocenters. The minimum Gasteiger partial charge on any atom is -0.494 e. The van der Waals surface area contributed by atoms with E-state index in [1.165, 1.54) is 19.3 Å². The van der Waals surface area contributed by atoms with Crippen LogP contribution in [0, 0.1) is 0 Å².